The molecule has 0 aromatic carbocycles. The summed E-state index contributed by atoms with van der Waals surface area (Å²) in [5.41, 5.74) is 1.11. The standard InChI is InChI=1S/C13H19N3O4/c1-14-13(19)10-6-11(20-2)9(8-16-10)7-15-5-3-4-12(17)18/h6,8,15H,3-5,7H2,1-2H3,(H,14,19)(H,17,18). The summed E-state index contributed by atoms with van der Waals surface area (Å²) in [5.74, 6) is -0.505. The number of nitrogens with one attached hydrogen (secondary N) is 2. The van der Waals surface area contributed by atoms with Crippen LogP contribution in [0.3, 0.4) is 0 Å². The SMILES string of the molecule is CNC(=O)c1cc(OC)c(CNCCCC(=O)O)cn1. The molecule has 0 aliphatic carbocycles. The van der Waals surface area contributed by atoms with Crippen LogP contribution in [-0.2, 0) is 11.3 Å². The third kappa shape index (κ3) is 4.85. The van der Waals surface area contributed by atoms with E-state index < -0.39 is 5.97 Å². The summed E-state index contributed by atoms with van der Waals surface area (Å²) >= 11 is 0. The smallest absolute Gasteiger partial charge is 0.303 e. The topological polar surface area (TPSA) is 101 Å². The Hall–Kier alpha value is -2.15. The number of aliphatic carboxylic acids is 1. The van der Waals surface area contributed by atoms with E-state index in [-0.39, 0.29) is 12.3 Å². The molecule has 1 heterocycles. The Morgan fingerprint density at radius 1 is 1.45 bits per heavy atom. The van der Waals surface area contributed by atoms with Gasteiger partial charge in [-0.1, -0.05) is 0 Å². The number of carbonyl (C=O) groups is 2. The van der Waals surface area contributed by atoms with E-state index in [9.17, 15) is 9.59 Å². The average molecular weight is 281 g/mol. The molecule has 0 bridgehead atoms. The molecule has 0 aliphatic rings. The van der Waals surface area contributed by atoms with Crippen LogP contribution in [0.2, 0.25) is 0 Å². The third-order valence-corrected chi connectivity index (χ3v) is 2.68. The van der Waals surface area contributed by atoms with Crippen molar-refractivity contribution in [3.63, 3.8) is 0 Å². The van der Waals surface area contributed by atoms with Crippen molar-refractivity contribution in [2.45, 2.75) is 19.4 Å². The molecule has 110 valence electrons. The predicted molar refractivity (Wildman–Crippen MR) is 72.8 cm³/mol. The molecule has 20 heavy (non-hydrogen) atoms. The van der Waals surface area contributed by atoms with Crippen LogP contribution in [0.1, 0.15) is 28.9 Å². The van der Waals surface area contributed by atoms with Crippen LogP contribution >= 0.6 is 0 Å². The maximum Gasteiger partial charge on any atom is 0.303 e. The highest BCUT2D eigenvalue weighted by Gasteiger charge is 2.10. The fourth-order valence-electron chi connectivity index (χ4n) is 1.63. The van der Waals surface area contributed by atoms with Gasteiger partial charge in [-0.3, -0.25) is 14.6 Å². The first-order chi connectivity index (χ1) is 9.58. The Morgan fingerprint density at radius 2 is 2.20 bits per heavy atom. The number of methoxy groups -OCH3 is 1. The molecule has 0 unspecified atom stereocenters. The molecule has 1 rings (SSSR count). The molecular formula is C13H19N3O4. The number of amides is 1. The molecule has 0 saturated heterocycles. The summed E-state index contributed by atoms with van der Waals surface area (Å²) in [4.78, 5) is 25.9. The number of hydrogen-bond acceptors (Lipinski definition) is 5. The minimum absolute atomic E-state index is 0.137. The highest BCUT2D eigenvalue weighted by atomic mass is 16.5. The van der Waals surface area contributed by atoms with Crippen LogP contribution in [0, 0.1) is 0 Å². The second-order valence-corrected chi connectivity index (χ2v) is 4.13. The number of hydrogen-bond donors (Lipinski definition) is 3. The van der Waals surface area contributed by atoms with Gasteiger partial charge in [0.15, 0.2) is 0 Å². The first kappa shape index (κ1) is 15.9. The normalized spacial score (nSPS) is 10.1. The number of carbonyl (C=O) groups excluding carboxylic acids is 1. The van der Waals surface area contributed by atoms with Gasteiger partial charge in [0.05, 0.1) is 7.11 Å². The van der Waals surface area contributed by atoms with Crippen LogP contribution < -0.4 is 15.4 Å². The first-order valence-corrected chi connectivity index (χ1v) is 6.26. The second kappa shape index (κ2) is 8.11. The van der Waals surface area contributed by atoms with Crippen molar-refractivity contribution in [2.75, 3.05) is 20.7 Å². The zero-order valence-corrected chi connectivity index (χ0v) is 11.6. The molecule has 0 radical (unpaired) electrons. The summed E-state index contributed by atoms with van der Waals surface area (Å²) in [6, 6.07) is 1.58. The molecule has 1 aromatic heterocycles. The van der Waals surface area contributed by atoms with Crippen molar-refractivity contribution >= 4 is 11.9 Å². The fourth-order valence-corrected chi connectivity index (χ4v) is 1.63. The van der Waals surface area contributed by atoms with Crippen molar-refractivity contribution in [1.29, 1.82) is 0 Å². The zero-order chi connectivity index (χ0) is 15.0. The highest BCUT2D eigenvalue weighted by molar-refractivity contribution is 5.92. The third-order valence-electron chi connectivity index (χ3n) is 2.68. The molecule has 3 N–H and O–H groups in total. The molecule has 0 aliphatic heterocycles. The average Bonchev–Trinajstić information content (AvgIpc) is 2.45. The molecule has 1 aromatic rings. The van der Waals surface area contributed by atoms with Crippen molar-refractivity contribution in [3.05, 3.63) is 23.5 Å². The maximum atomic E-state index is 11.5. The van der Waals surface area contributed by atoms with E-state index in [2.05, 4.69) is 15.6 Å². The van der Waals surface area contributed by atoms with E-state index in [0.717, 1.165) is 5.56 Å². The van der Waals surface area contributed by atoms with Gasteiger partial charge in [0.25, 0.3) is 5.91 Å². The number of carboxylic acids is 1. The number of rotatable bonds is 8. The first-order valence-electron chi connectivity index (χ1n) is 6.26. The lowest BCUT2D eigenvalue weighted by Gasteiger charge is -2.10. The zero-order valence-electron chi connectivity index (χ0n) is 11.6. The van der Waals surface area contributed by atoms with Crippen molar-refractivity contribution in [2.24, 2.45) is 0 Å². The van der Waals surface area contributed by atoms with Crippen molar-refractivity contribution in [1.82, 2.24) is 15.6 Å². The summed E-state index contributed by atoms with van der Waals surface area (Å²) in [5, 5.41) is 14.1. The highest BCUT2D eigenvalue weighted by Crippen LogP contribution is 2.18. The minimum atomic E-state index is -0.805. The Labute approximate surface area is 117 Å². The second-order valence-electron chi connectivity index (χ2n) is 4.13. The van der Waals surface area contributed by atoms with E-state index in [0.29, 0.717) is 31.0 Å². The van der Waals surface area contributed by atoms with Gasteiger partial charge in [-0.15, -0.1) is 0 Å². The Kier molecular flexibility index (Phi) is 6.45. The van der Waals surface area contributed by atoms with Gasteiger partial charge in [-0.05, 0) is 13.0 Å². The maximum absolute atomic E-state index is 11.5. The van der Waals surface area contributed by atoms with E-state index in [1.807, 2.05) is 0 Å². The summed E-state index contributed by atoms with van der Waals surface area (Å²) in [7, 11) is 3.06. The quantitative estimate of drug-likeness (QED) is 0.596. The molecule has 7 heteroatoms. The van der Waals surface area contributed by atoms with Gasteiger partial charge in [0.2, 0.25) is 0 Å². The molecule has 0 saturated carbocycles. The predicted octanol–water partition coefficient (Wildman–Crippen LogP) is 0.404. The molecule has 0 atom stereocenters. The van der Waals surface area contributed by atoms with Crippen molar-refractivity contribution < 1.29 is 19.4 Å². The van der Waals surface area contributed by atoms with Crippen LogP contribution in [0.25, 0.3) is 0 Å². The number of ether oxygens (including phenoxy) is 1. The number of nitrogens with zero attached hydrogens (tertiary/aromatic N) is 1. The lowest BCUT2D eigenvalue weighted by molar-refractivity contribution is -0.137. The fraction of sp³-hybridized carbons (Fsp3) is 0.462. The van der Waals surface area contributed by atoms with Crippen LogP contribution in [-0.4, -0.2) is 42.7 Å². The summed E-state index contributed by atoms with van der Waals surface area (Å²) < 4.78 is 5.22. The van der Waals surface area contributed by atoms with Crippen LogP contribution in [0.15, 0.2) is 12.3 Å². The molecule has 7 nitrogen and oxygen atoms in total. The monoisotopic (exact) mass is 281 g/mol. The van der Waals surface area contributed by atoms with Gasteiger partial charge in [-0.25, -0.2) is 0 Å². The Balaban J connectivity index is 2.57. The van der Waals surface area contributed by atoms with Crippen LogP contribution in [0.5, 0.6) is 5.75 Å². The molecule has 0 fully saturated rings. The minimum Gasteiger partial charge on any atom is -0.496 e. The molecule has 1 amide bonds. The molecule has 0 spiro atoms. The van der Waals surface area contributed by atoms with E-state index in [1.54, 1.807) is 12.3 Å². The van der Waals surface area contributed by atoms with E-state index in [1.165, 1.54) is 14.2 Å². The van der Waals surface area contributed by atoms with E-state index >= 15 is 0 Å². The lowest BCUT2D eigenvalue weighted by atomic mass is 10.2. The summed E-state index contributed by atoms with van der Waals surface area (Å²) in [6.07, 6.45) is 2.27. The number of carboxylic acid groups (broad SMARTS) is 1. The number of pyridine rings is 1. The summed E-state index contributed by atoms with van der Waals surface area (Å²) in [6.45, 7) is 1.09. The van der Waals surface area contributed by atoms with Crippen molar-refractivity contribution in [3.8, 4) is 5.75 Å². The lowest BCUT2D eigenvalue weighted by Crippen LogP contribution is -2.20. The molecular weight excluding hydrogens is 262 g/mol. The largest absolute Gasteiger partial charge is 0.496 e. The van der Waals surface area contributed by atoms with Gasteiger partial charge in [0, 0.05) is 37.8 Å². The van der Waals surface area contributed by atoms with E-state index in [4.69, 9.17) is 9.84 Å². The Morgan fingerprint density at radius 3 is 2.80 bits per heavy atom. The van der Waals surface area contributed by atoms with Crippen LogP contribution in [0.4, 0.5) is 0 Å². The van der Waals surface area contributed by atoms with Gasteiger partial charge < -0.3 is 20.5 Å². The van der Waals surface area contributed by atoms with Gasteiger partial charge in [0.1, 0.15) is 11.4 Å². The van der Waals surface area contributed by atoms with Gasteiger partial charge in [-0.2, -0.15) is 0 Å². The van der Waals surface area contributed by atoms with Gasteiger partial charge >= 0.3 is 5.97 Å². The Bertz CT molecular complexity index is 477. The number of aromatic nitrogens is 1.